The van der Waals surface area contributed by atoms with E-state index in [0.717, 1.165) is 0 Å². The Labute approximate surface area is 115 Å². The van der Waals surface area contributed by atoms with Crippen LogP contribution in [0.2, 0.25) is 0 Å². The molecule has 1 aliphatic carbocycles. The first kappa shape index (κ1) is 12.4. The molecule has 0 amide bonds. The second-order valence-corrected chi connectivity index (χ2v) is 5.55. The van der Waals surface area contributed by atoms with Crippen molar-refractivity contribution in [1.29, 1.82) is 0 Å². The van der Waals surface area contributed by atoms with Crippen LogP contribution in [-0.2, 0) is 0 Å². The van der Waals surface area contributed by atoms with E-state index in [1.54, 1.807) is 0 Å². The highest BCUT2D eigenvalue weighted by Crippen LogP contribution is 2.23. The summed E-state index contributed by atoms with van der Waals surface area (Å²) in [5.74, 6) is 0. The molecule has 98 valence electrons. The third-order valence-electron chi connectivity index (χ3n) is 4.21. The Kier molecular flexibility index (Phi) is 3.92. The van der Waals surface area contributed by atoms with E-state index >= 15 is 0 Å². The maximum atomic E-state index is 2.41. The van der Waals surface area contributed by atoms with Crippen LogP contribution in [0.4, 0.5) is 0 Å². The molecule has 0 N–H and O–H groups in total. The summed E-state index contributed by atoms with van der Waals surface area (Å²) in [6, 6.07) is 15.8. The number of benzene rings is 1. The molecule has 0 saturated heterocycles. The molecule has 1 heterocycles. The van der Waals surface area contributed by atoms with Crippen LogP contribution >= 0.6 is 0 Å². The molecule has 0 aliphatic heterocycles. The quantitative estimate of drug-likeness (QED) is 0.546. The van der Waals surface area contributed by atoms with E-state index in [1.807, 2.05) is 0 Å². The van der Waals surface area contributed by atoms with Gasteiger partial charge in [-0.1, -0.05) is 43.2 Å². The Hall–Kier alpha value is -1.63. The molecule has 19 heavy (non-hydrogen) atoms. The summed E-state index contributed by atoms with van der Waals surface area (Å²) < 4.78 is 2.41. The number of rotatable bonds is 2. The van der Waals surface area contributed by atoms with Crippen molar-refractivity contribution in [2.24, 2.45) is 0 Å². The monoisotopic (exact) mass is 252 g/mol. The molecular formula is C18H22N+. The van der Waals surface area contributed by atoms with Crippen LogP contribution in [0.1, 0.15) is 44.6 Å². The average molecular weight is 252 g/mol. The number of hydrogen-bond donors (Lipinski definition) is 0. The lowest BCUT2D eigenvalue weighted by molar-refractivity contribution is -0.724. The zero-order valence-corrected chi connectivity index (χ0v) is 11.5. The lowest BCUT2D eigenvalue weighted by Gasteiger charge is -2.09. The van der Waals surface area contributed by atoms with Gasteiger partial charge in [-0.25, -0.2) is 4.57 Å². The zero-order valence-electron chi connectivity index (χ0n) is 11.5. The second kappa shape index (κ2) is 6.01. The van der Waals surface area contributed by atoms with Gasteiger partial charge in [-0.05, 0) is 24.0 Å². The van der Waals surface area contributed by atoms with Crippen LogP contribution in [-0.4, -0.2) is 0 Å². The molecule has 1 fully saturated rings. The van der Waals surface area contributed by atoms with Crippen LogP contribution in [0, 0.1) is 0 Å². The molecule has 1 aromatic heterocycles. The minimum Gasteiger partial charge on any atom is -0.202 e. The summed E-state index contributed by atoms with van der Waals surface area (Å²) in [5.41, 5.74) is 2.61. The van der Waals surface area contributed by atoms with Crippen molar-refractivity contribution < 1.29 is 4.57 Å². The molecule has 0 radical (unpaired) electrons. The van der Waals surface area contributed by atoms with Gasteiger partial charge in [-0.3, -0.25) is 0 Å². The first-order valence-corrected chi connectivity index (χ1v) is 7.50. The van der Waals surface area contributed by atoms with Crippen molar-refractivity contribution in [3.05, 3.63) is 54.9 Å². The van der Waals surface area contributed by atoms with E-state index in [4.69, 9.17) is 0 Å². The Morgan fingerprint density at radius 2 is 1.26 bits per heavy atom. The molecule has 1 aromatic carbocycles. The molecule has 1 saturated carbocycles. The Morgan fingerprint density at radius 1 is 0.684 bits per heavy atom. The van der Waals surface area contributed by atoms with Crippen LogP contribution in [0.25, 0.3) is 11.1 Å². The summed E-state index contributed by atoms with van der Waals surface area (Å²) in [4.78, 5) is 0. The fraction of sp³-hybridized carbons (Fsp3) is 0.389. The fourth-order valence-corrected chi connectivity index (χ4v) is 3.06. The van der Waals surface area contributed by atoms with Gasteiger partial charge in [0.15, 0.2) is 18.4 Å². The highest BCUT2D eigenvalue weighted by Gasteiger charge is 2.19. The normalized spacial score (nSPS) is 17.1. The van der Waals surface area contributed by atoms with Gasteiger partial charge in [-0.15, -0.1) is 0 Å². The molecule has 0 atom stereocenters. The van der Waals surface area contributed by atoms with E-state index in [9.17, 15) is 0 Å². The number of aromatic nitrogens is 1. The summed E-state index contributed by atoms with van der Waals surface area (Å²) in [7, 11) is 0. The van der Waals surface area contributed by atoms with Gasteiger partial charge in [0, 0.05) is 25.0 Å². The predicted octanol–water partition coefficient (Wildman–Crippen LogP) is 4.54. The Bertz CT molecular complexity index is 493. The van der Waals surface area contributed by atoms with Crippen LogP contribution in [0.5, 0.6) is 0 Å². The number of pyridine rings is 1. The first-order chi connectivity index (χ1) is 9.43. The van der Waals surface area contributed by atoms with Crippen molar-refractivity contribution in [2.75, 3.05) is 0 Å². The maximum absolute atomic E-state index is 2.41. The Morgan fingerprint density at radius 3 is 1.89 bits per heavy atom. The molecule has 2 aromatic rings. The van der Waals surface area contributed by atoms with Crippen molar-refractivity contribution in [1.82, 2.24) is 0 Å². The molecule has 3 rings (SSSR count). The van der Waals surface area contributed by atoms with E-state index in [-0.39, 0.29) is 0 Å². The largest absolute Gasteiger partial charge is 0.202 e. The molecule has 0 bridgehead atoms. The van der Waals surface area contributed by atoms with Gasteiger partial charge < -0.3 is 0 Å². The molecule has 1 nitrogen and oxygen atoms in total. The third-order valence-corrected chi connectivity index (χ3v) is 4.21. The van der Waals surface area contributed by atoms with Gasteiger partial charge in [0.25, 0.3) is 0 Å². The average Bonchev–Trinajstić information content (AvgIpc) is 2.77. The van der Waals surface area contributed by atoms with E-state index < -0.39 is 0 Å². The van der Waals surface area contributed by atoms with Crippen molar-refractivity contribution in [2.45, 2.75) is 44.6 Å². The first-order valence-electron chi connectivity index (χ1n) is 7.50. The van der Waals surface area contributed by atoms with Gasteiger partial charge >= 0.3 is 0 Å². The number of nitrogens with zero attached hydrogens (tertiary/aromatic N) is 1. The van der Waals surface area contributed by atoms with Gasteiger partial charge in [0.2, 0.25) is 0 Å². The Balaban J connectivity index is 1.78. The SMILES string of the molecule is c1ccc(-c2cc[n+](C3CCCCCC3)cc2)cc1. The lowest BCUT2D eigenvalue weighted by Crippen LogP contribution is -2.38. The topological polar surface area (TPSA) is 3.88 Å². The minimum atomic E-state index is 0.715. The smallest absolute Gasteiger partial charge is 0.169 e. The van der Waals surface area contributed by atoms with Gasteiger partial charge in [0.1, 0.15) is 0 Å². The summed E-state index contributed by atoms with van der Waals surface area (Å²) in [6.45, 7) is 0. The van der Waals surface area contributed by atoms with E-state index in [0.29, 0.717) is 6.04 Å². The molecule has 1 heteroatoms. The minimum absolute atomic E-state index is 0.715. The summed E-state index contributed by atoms with van der Waals surface area (Å²) >= 11 is 0. The van der Waals surface area contributed by atoms with E-state index in [1.165, 1.54) is 49.7 Å². The molecule has 0 unspecified atom stereocenters. The van der Waals surface area contributed by atoms with Crippen LogP contribution in [0.15, 0.2) is 54.9 Å². The molecule has 0 spiro atoms. The van der Waals surface area contributed by atoms with E-state index in [2.05, 4.69) is 59.4 Å². The molecule has 1 aliphatic rings. The summed E-state index contributed by atoms with van der Waals surface area (Å²) in [6.07, 6.45) is 12.8. The number of hydrogen-bond acceptors (Lipinski definition) is 0. The third kappa shape index (κ3) is 3.04. The van der Waals surface area contributed by atoms with Gasteiger partial charge in [-0.2, -0.15) is 0 Å². The fourth-order valence-electron chi connectivity index (χ4n) is 3.06. The summed E-state index contributed by atoms with van der Waals surface area (Å²) in [5, 5.41) is 0. The van der Waals surface area contributed by atoms with Crippen molar-refractivity contribution >= 4 is 0 Å². The standard InChI is InChI=1S/C18H22N/c1-2-7-11-18(10-6-1)19-14-12-17(13-15-19)16-8-4-3-5-9-16/h3-5,8-9,12-15,18H,1-2,6-7,10-11H2/q+1. The van der Waals surface area contributed by atoms with Crippen LogP contribution in [0.3, 0.4) is 0 Å². The van der Waals surface area contributed by atoms with Crippen LogP contribution < -0.4 is 4.57 Å². The zero-order chi connectivity index (χ0) is 12.9. The predicted molar refractivity (Wildman–Crippen MR) is 78.8 cm³/mol. The maximum Gasteiger partial charge on any atom is 0.169 e. The highest BCUT2D eigenvalue weighted by molar-refractivity contribution is 5.61. The lowest BCUT2D eigenvalue weighted by atomic mass is 10.1. The highest BCUT2D eigenvalue weighted by atomic mass is 15.0. The van der Waals surface area contributed by atoms with Gasteiger partial charge in [0.05, 0.1) is 0 Å². The second-order valence-electron chi connectivity index (χ2n) is 5.55. The molecular weight excluding hydrogens is 230 g/mol. The van der Waals surface area contributed by atoms with Crippen molar-refractivity contribution in [3.63, 3.8) is 0 Å². The van der Waals surface area contributed by atoms with Crippen molar-refractivity contribution in [3.8, 4) is 11.1 Å².